The number of carbonyl (C=O) groups excluding carboxylic acids is 1. The molecule has 1 aromatic carbocycles. The highest BCUT2D eigenvalue weighted by molar-refractivity contribution is 5.99. The van der Waals surface area contributed by atoms with Crippen molar-refractivity contribution in [3.8, 4) is 11.1 Å². The Morgan fingerprint density at radius 2 is 2.00 bits per heavy atom. The van der Waals surface area contributed by atoms with E-state index in [0.717, 1.165) is 16.8 Å². The molecule has 0 aliphatic rings. The zero-order valence-electron chi connectivity index (χ0n) is 8.97. The van der Waals surface area contributed by atoms with Gasteiger partial charge in [-0.15, -0.1) is 0 Å². The molecule has 0 bridgehead atoms. The summed E-state index contributed by atoms with van der Waals surface area (Å²) in [5.41, 5.74) is 8.59. The lowest BCUT2D eigenvalue weighted by Crippen LogP contribution is -2.12. The minimum Gasteiger partial charge on any atom is -0.366 e. The number of pyridine rings is 1. The molecule has 3 heteroatoms. The maximum atomic E-state index is 11.3. The van der Waals surface area contributed by atoms with Gasteiger partial charge >= 0.3 is 0 Å². The molecule has 80 valence electrons. The molecule has 1 aromatic heterocycles. The molecule has 0 radical (unpaired) electrons. The van der Waals surface area contributed by atoms with Crippen molar-refractivity contribution in [2.75, 3.05) is 0 Å². The molecule has 0 spiro atoms. The average molecular weight is 212 g/mol. The number of nitrogens with zero attached hydrogens (tertiary/aromatic N) is 1. The molecule has 0 atom stereocenters. The molecular weight excluding hydrogens is 200 g/mol. The van der Waals surface area contributed by atoms with Crippen molar-refractivity contribution >= 4 is 5.91 Å². The second kappa shape index (κ2) is 4.14. The molecule has 1 amide bonds. The fourth-order valence-corrected chi connectivity index (χ4v) is 1.66. The lowest BCUT2D eigenvalue weighted by atomic mass is 10.00. The van der Waals surface area contributed by atoms with Crippen LogP contribution in [0.1, 0.15) is 16.1 Å². The van der Waals surface area contributed by atoms with E-state index in [1.54, 1.807) is 18.3 Å². The number of benzene rings is 1. The lowest BCUT2D eigenvalue weighted by Gasteiger charge is -2.06. The van der Waals surface area contributed by atoms with Crippen LogP contribution in [0.5, 0.6) is 0 Å². The van der Waals surface area contributed by atoms with E-state index in [-0.39, 0.29) is 0 Å². The summed E-state index contributed by atoms with van der Waals surface area (Å²) in [5, 5.41) is 0. The number of carbonyl (C=O) groups is 1. The maximum Gasteiger partial charge on any atom is 0.249 e. The number of primary amides is 1. The van der Waals surface area contributed by atoms with Gasteiger partial charge in [-0.1, -0.05) is 18.2 Å². The minimum atomic E-state index is -0.412. The van der Waals surface area contributed by atoms with Gasteiger partial charge in [0, 0.05) is 17.5 Å². The van der Waals surface area contributed by atoms with Crippen LogP contribution in [-0.4, -0.2) is 10.9 Å². The normalized spacial score (nSPS) is 10.1. The molecule has 3 nitrogen and oxygen atoms in total. The first-order valence-electron chi connectivity index (χ1n) is 5.00. The smallest absolute Gasteiger partial charge is 0.249 e. The highest BCUT2D eigenvalue weighted by Gasteiger charge is 2.08. The number of rotatable bonds is 2. The molecule has 16 heavy (non-hydrogen) atoms. The summed E-state index contributed by atoms with van der Waals surface area (Å²) in [4.78, 5) is 15.4. The Balaban J connectivity index is 2.60. The summed E-state index contributed by atoms with van der Waals surface area (Å²) in [6.45, 7) is 1.91. The van der Waals surface area contributed by atoms with Gasteiger partial charge in [0.05, 0.1) is 0 Å². The van der Waals surface area contributed by atoms with Crippen LogP contribution in [0.25, 0.3) is 11.1 Å². The predicted molar refractivity (Wildman–Crippen MR) is 62.9 cm³/mol. The Labute approximate surface area is 93.9 Å². The van der Waals surface area contributed by atoms with E-state index in [4.69, 9.17) is 5.73 Å². The van der Waals surface area contributed by atoms with Gasteiger partial charge < -0.3 is 5.73 Å². The molecule has 0 fully saturated rings. The Hall–Kier alpha value is -2.16. The molecule has 0 saturated carbocycles. The van der Waals surface area contributed by atoms with Crippen LogP contribution in [0, 0.1) is 6.92 Å². The SMILES string of the molecule is Cc1cc(-c2ccccc2C(N)=O)ccn1. The zero-order chi connectivity index (χ0) is 11.5. The van der Waals surface area contributed by atoms with Crippen molar-refractivity contribution in [3.05, 3.63) is 53.9 Å². The first-order valence-corrected chi connectivity index (χ1v) is 5.00. The summed E-state index contributed by atoms with van der Waals surface area (Å²) in [6.07, 6.45) is 1.72. The quantitative estimate of drug-likeness (QED) is 0.829. The van der Waals surface area contributed by atoms with E-state index in [1.165, 1.54) is 0 Å². The van der Waals surface area contributed by atoms with Crippen LogP contribution >= 0.6 is 0 Å². The average Bonchev–Trinajstić information content (AvgIpc) is 2.29. The van der Waals surface area contributed by atoms with E-state index in [1.807, 2.05) is 31.2 Å². The molecule has 2 N–H and O–H groups in total. The first-order chi connectivity index (χ1) is 7.68. The van der Waals surface area contributed by atoms with E-state index >= 15 is 0 Å². The first kappa shape index (κ1) is 10.4. The number of nitrogens with two attached hydrogens (primary N) is 1. The van der Waals surface area contributed by atoms with Crippen LogP contribution in [0.4, 0.5) is 0 Å². The number of hydrogen-bond donors (Lipinski definition) is 1. The van der Waals surface area contributed by atoms with Crippen LogP contribution in [0.15, 0.2) is 42.6 Å². The summed E-state index contributed by atoms with van der Waals surface area (Å²) in [7, 11) is 0. The van der Waals surface area contributed by atoms with Gasteiger partial charge in [-0.3, -0.25) is 9.78 Å². The van der Waals surface area contributed by atoms with Crippen molar-refractivity contribution in [1.29, 1.82) is 0 Å². The van der Waals surface area contributed by atoms with Gasteiger partial charge in [-0.2, -0.15) is 0 Å². The van der Waals surface area contributed by atoms with E-state index in [2.05, 4.69) is 4.98 Å². The van der Waals surface area contributed by atoms with Gasteiger partial charge in [-0.25, -0.2) is 0 Å². The highest BCUT2D eigenvalue weighted by Crippen LogP contribution is 2.23. The summed E-state index contributed by atoms with van der Waals surface area (Å²) < 4.78 is 0. The fraction of sp³-hybridized carbons (Fsp3) is 0.0769. The third kappa shape index (κ3) is 1.93. The van der Waals surface area contributed by atoms with Crippen LogP contribution in [0.3, 0.4) is 0 Å². The maximum absolute atomic E-state index is 11.3. The molecule has 0 unspecified atom stereocenters. The van der Waals surface area contributed by atoms with Crippen LogP contribution in [0.2, 0.25) is 0 Å². The fourth-order valence-electron chi connectivity index (χ4n) is 1.66. The summed E-state index contributed by atoms with van der Waals surface area (Å²) in [6, 6.07) is 11.1. The van der Waals surface area contributed by atoms with Crippen molar-refractivity contribution in [2.45, 2.75) is 6.92 Å². The number of hydrogen-bond acceptors (Lipinski definition) is 2. The third-order valence-corrected chi connectivity index (χ3v) is 2.40. The molecule has 0 aliphatic heterocycles. The van der Waals surface area contributed by atoms with Crippen molar-refractivity contribution in [2.24, 2.45) is 5.73 Å². The van der Waals surface area contributed by atoms with E-state index in [9.17, 15) is 4.79 Å². The largest absolute Gasteiger partial charge is 0.366 e. The van der Waals surface area contributed by atoms with E-state index < -0.39 is 5.91 Å². The molecule has 1 heterocycles. The van der Waals surface area contributed by atoms with Gasteiger partial charge in [0.1, 0.15) is 0 Å². The van der Waals surface area contributed by atoms with Crippen LogP contribution in [-0.2, 0) is 0 Å². The number of aromatic nitrogens is 1. The second-order valence-electron chi connectivity index (χ2n) is 3.60. The zero-order valence-corrected chi connectivity index (χ0v) is 8.97. The van der Waals surface area contributed by atoms with Gasteiger partial charge in [0.2, 0.25) is 5.91 Å². The molecule has 0 saturated heterocycles. The van der Waals surface area contributed by atoms with Crippen molar-refractivity contribution in [3.63, 3.8) is 0 Å². The Morgan fingerprint density at radius 3 is 2.69 bits per heavy atom. The van der Waals surface area contributed by atoms with Gasteiger partial charge in [0.25, 0.3) is 0 Å². The van der Waals surface area contributed by atoms with Crippen molar-refractivity contribution in [1.82, 2.24) is 4.98 Å². The van der Waals surface area contributed by atoms with Crippen molar-refractivity contribution < 1.29 is 4.79 Å². The Morgan fingerprint density at radius 1 is 1.25 bits per heavy atom. The molecule has 0 aliphatic carbocycles. The monoisotopic (exact) mass is 212 g/mol. The second-order valence-corrected chi connectivity index (χ2v) is 3.60. The molecular formula is C13H12N2O. The summed E-state index contributed by atoms with van der Waals surface area (Å²) in [5.74, 6) is -0.412. The van der Waals surface area contributed by atoms with Gasteiger partial charge in [-0.05, 0) is 36.2 Å². The molecule has 2 aromatic rings. The third-order valence-electron chi connectivity index (χ3n) is 2.40. The predicted octanol–water partition coefficient (Wildman–Crippen LogP) is 2.16. The number of aryl methyl sites for hydroxylation is 1. The summed E-state index contributed by atoms with van der Waals surface area (Å²) >= 11 is 0. The van der Waals surface area contributed by atoms with Gasteiger partial charge in [0.15, 0.2) is 0 Å². The molecule has 2 rings (SSSR count). The lowest BCUT2D eigenvalue weighted by molar-refractivity contribution is 0.100. The minimum absolute atomic E-state index is 0.412. The van der Waals surface area contributed by atoms with E-state index in [0.29, 0.717) is 5.56 Å². The standard InChI is InChI=1S/C13H12N2O/c1-9-8-10(6-7-15-9)11-4-2-3-5-12(11)13(14)16/h2-8H,1H3,(H2,14,16). The number of amides is 1. The highest BCUT2D eigenvalue weighted by atomic mass is 16.1. The van der Waals surface area contributed by atoms with Crippen LogP contribution < -0.4 is 5.73 Å². The Kier molecular flexibility index (Phi) is 2.68. The topological polar surface area (TPSA) is 56.0 Å². The Bertz CT molecular complexity index is 535.